The minimum atomic E-state index is 0.619. The second-order valence-electron chi connectivity index (χ2n) is 16.9. The van der Waals surface area contributed by atoms with Crippen LogP contribution in [0.1, 0.15) is 50.7 Å². The van der Waals surface area contributed by atoms with E-state index in [1.165, 1.54) is 34.7 Å². The van der Waals surface area contributed by atoms with Gasteiger partial charge in [0.15, 0.2) is 17.5 Å². The maximum absolute atomic E-state index is 6.40. The van der Waals surface area contributed by atoms with Crippen LogP contribution in [0.2, 0.25) is 0 Å². The van der Waals surface area contributed by atoms with E-state index in [4.69, 9.17) is 19.4 Å². The normalized spacial score (nSPS) is 11.7. The Morgan fingerprint density at radius 2 is 1.00 bits per heavy atom. The highest BCUT2D eigenvalue weighted by Crippen LogP contribution is 2.40. The number of benzene rings is 8. The summed E-state index contributed by atoms with van der Waals surface area (Å²) in [6.07, 6.45) is 6.80. The van der Waals surface area contributed by atoms with E-state index in [-0.39, 0.29) is 0 Å². The second-order valence-corrected chi connectivity index (χ2v) is 16.9. The molecule has 0 aliphatic rings. The summed E-state index contributed by atoms with van der Waals surface area (Å²) in [5, 5.41) is 4.65. The summed E-state index contributed by atoms with van der Waals surface area (Å²) in [4.78, 5) is 15.8. The Morgan fingerprint density at radius 1 is 0.391 bits per heavy atom. The summed E-state index contributed by atoms with van der Waals surface area (Å²) in [6, 6.07) is 65.0. The van der Waals surface area contributed by atoms with Crippen LogP contribution in [0.25, 0.3) is 106 Å². The standard InChI is InChI=1S/C59H48N4O/c1-3-5-15-39-25-28-42(29-26-39)57-60-58(46-20-14-19-43(36-46)41-17-8-7-9-18-41)62-59(61-57)50-22-11-13-24-53(50)63-52-23-12-10-21-47(52)48-33-30-45(38-54(48)63)44-31-34-55-51(37-44)49-32-27-40(16-6-4-2)35-56(49)64-55/h7-14,17-38H,3-6,15-16H2,1-2H3. The van der Waals surface area contributed by atoms with Gasteiger partial charge in [-0.25, -0.2) is 15.0 Å². The van der Waals surface area contributed by atoms with E-state index in [9.17, 15) is 0 Å². The third kappa shape index (κ3) is 7.33. The lowest BCUT2D eigenvalue weighted by Crippen LogP contribution is -2.03. The van der Waals surface area contributed by atoms with Crippen molar-refractivity contribution in [3.8, 4) is 62.1 Å². The van der Waals surface area contributed by atoms with E-state index >= 15 is 0 Å². The number of fused-ring (bicyclic) bond motifs is 6. The predicted molar refractivity (Wildman–Crippen MR) is 266 cm³/mol. The van der Waals surface area contributed by atoms with Crippen molar-refractivity contribution in [2.24, 2.45) is 0 Å². The van der Waals surface area contributed by atoms with Crippen LogP contribution in [0, 0.1) is 0 Å². The van der Waals surface area contributed by atoms with Gasteiger partial charge in [-0.1, -0.05) is 160 Å². The van der Waals surface area contributed by atoms with Crippen LogP contribution < -0.4 is 0 Å². The SMILES string of the molecule is CCCCc1ccc(-c2nc(-c3cccc(-c4ccccc4)c3)nc(-c3ccccc3-n3c4ccccc4c4ccc(-c5ccc6oc7cc(CCCC)ccc7c6c5)cc43)n2)cc1. The quantitative estimate of drug-likeness (QED) is 0.123. The van der Waals surface area contributed by atoms with Gasteiger partial charge in [-0.3, -0.25) is 0 Å². The molecule has 11 aromatic rings. The van der Waals surface area contributed by atoms with Crippen molar-refractivity contribution in [2.45, 2.75) is 52.4 Å². The van der Waals surface area contributed by atoms with E-state index in [2.05, 4.69) is 194 Å². The molecule has 8 aromatic carbocycles. The van der Waals surface area contributed by atoms with Crippen molar-refractivity contribution in [1.82, 2.24) is 19.5 Å². The van der Waals surface area contributed by atoms with Gasteiger partial charge in [0.2, 0.25) is 0 Å². The Morgan fingerprint density at radius 3 is 1.84 bits per heavy atom. The number of nitrogens with zero attached hydrogens (tertiary/aromatic N) is 4. The molecule has 3 heterocycles. The minimum Gasteiger partial charge on any atom is -0.456 e. The Labute approximate surface area is 373 Å². The molecule has 64 heavy (non-hydrogen) atoms. The summed E-state index contributed by atoms with van der Waals surface area (Å²) in [5.74, 6) is 1.89. The fraction of sp³-hybridized carbons (Fsp3) is 0.136. The van der Waals surface area contributed by atoms with Crippen LogP contribution in [0.3, 0.4) is 0 Å². The van der Waals surface area contributed by atoms with Crippen LogP contribution in [0.15, 0.2) is 186 Å². The van der Waals surface area contributed by atoms with Gasteiger partial charge in [0, 0.05) is 38.2 Å². The van der Waals surface area contributed by atoms with Crippen LogP contribution in [0.4, 0.5) is 0 Å². The van der Waals surface area contributed by atoms with Crippen LogP contribution in [-0.4, -0.2) is 19.5 Å². The van der Waals surface area contributed by atoms with Gasteiger partial charge in [0.25, 0.3) is 0 Å². The van der Waals surface area contributed by atoms with Crippen molar-refractivity contribution in [3.63, 3.8) is 0 Å². The lowest BCUT2D eigenvalue weighted by atomic mass is 10.0. The van der Waals surface area contributed by atoms with Crippen LogP contribution >= 0.6 is 0 Å². The molecule has 0 atom stereocenters. The van der Waals surface area contributed by atoms with Crippen molar-refractivity contribution >= 4 is 43.7 Å². The predicted octanol–water partition coefficient (Wildman–Crippen LogP) is 15.9. The first-order valence-corrected chi connectivity index (χ1v) is 22.7. The largest absolute Gasteiger partial charge is 0.456 e. The highest BCUT2D eigenvalue weighted by Gasteiger charge is 2.20. The summed E-state index contributed by atoms with van der Waals surface area (Å²) in [5.41, 5.74) is 15.1. The lowest BCUT2D eigenvalue weighted by Gasteiger charge is -2.15. The Hall–Kier alpha value is -7.63. The van der Waals surface area contributed by atoms with Gasteiger partial charge in [0.05, 0.1) is 16.7 Å². The molecule has 0 fully saturated rings. The lowest BCUT2D eigenvalue weighted by molar-refractivity contribution is 0.667. The van der Waals surface area contributed by atoms with Crippen molar-refractivity contribution in [3.05, 3.63) is 193 Å². The van der Waals surface area contributed by atoms with Crippen LogP contribution in [-0.2, 0) is 12.8 Å². The maximum atomic E-state index is 6.40. The van der Waals surface area contributed by atoms with Gasteiger partial charge in [0.1, 0.15) is 11.2 Å². The molecular formula is C59H48N4O. The Kier molecular flexibility index (Phi) is 10.4. The molecule has 0 spiro atoms. The molecule has 0 radical (unpaired) electrons. The van der Waals surface area contributed by atoms with Gasteiger partial charge in [-0.15, -0.1) is 0 Å². The van der Waals surface area contributed by atoms with Gasteiger partial charge >= 0.3 is 0 Å². The monoisotopic (exact) mass is 828 g/mol. The van der Waals surface area contributed by atoms with E-state index in [0.29, 0.717) is 17.5 Å². The molecule has 0 aliphatic heterocycles. The van der Waals surface area contributed by atoms with Crippen molar-refractivity contribution in [1.29, 1.82) is 0 Å². The number of hydrogen-bond donors (Lipinski definition) is 0. The molecule has 11 rings (SSSR count). The summed E-state index contributed by atoms with van der Waals surface area (Å²) in [7, 11) is 0. The summed E-state index contributed by atoms with van der Waals surface area (Å²) in [6.45, 7) is 4.47. The average Bonchev–Trinajstić information content (AvgIpc) is 3.90. The number of hydrogen-bond acceptors (Lipinski definition) is 4. The molecule has 5 heteroatoms. The first-order valence-electron chi connectivity index (χ1n) is 22.7. The fourth-order valence-corrected chi connectivity index (χ4v) is 9.23. The second kappa shape index (κ2) is 16.9. The molecule has 5 nitrogen and oxygen atoms in total. The zero-order chi connectivity index (χ0) is 43.0. The number of aromatic nitrogens is 4. The smallest absolute Gasteiger partial charge is 0.166 e. The number of furan rings is 1. The fourth-order valence-electron chi connectivity index (χ4n) is 9.23. The zero-order valence-corrected chi connectivity index (χ0v) is 36.3. The molecule has 3 aromatic heterocycles. The highest BCUT2D eigenvalue weighted by molar-refractivity contribution is 6.11. The number of rotatable bonds is 12. The third-order valence-corrected chi connectivity index (χ3v) is 12.6. The molecule has 0 aliphatic carbocycles. The number of unbranched alkanes of at least 4 members (excludes halogenated alkanes) is 2. The molecule has 0 saturated heterocycles. The summed E-state index contributed by atoms with van der Waals surface area (Å²) < 4.78 is 8.79. The zero-order valence-electron chi connectivity index (χ0n) is 36.3. The Bertz CT molecular complexity index is 3470. The van der Waals surface area contributed by atoms with Crippen molar-refractivity contribution in [2.75, 3.05) is 0 Å². The molecule has 0 N–H and O–H groups in total. The molecular weight excluding hydrogens is 781 g/mol. The molecule has 0 saturated carbocycles. The highest BCUT2D eigenvalue weighted by atomic mass is 16.3. The van der Waals surface area contributed by atoms with Gasteiger partial charge in [-0.05, 0) is 108 Å². The molecule has 0 amide bonds. The Balaban J connectivity index is 1.07. The topological polar surface area (TPSA) is 56.7 Å². The van der Waals surface area contributed by atoms with E-state index in [1.807, 2.05) is 6.07 Å². The molecule has 0 bridgehead atoms. The number of aryl methyl sites for hydroxylation is 2. The molecule has 310 valence electrons. The first-order chi connectivity index (χ1) is 31.6. The average molecular weight is 829 g/mol. The third-order valence-electron chi connectivity index (χ3n) is 12.6. The summed E-state index contributed by atoms with van der Waals surface area (Å²) >= 11 is 0. The maximum Gasteiger partial charge on any atom is 0.166 e. The van der Waals surface area contributed by atoms with E-state index < -0.39 is 0 Å². The number of para-hydroxylation sites is 2. The van der Waals surface area contributed by atoms with E-state index in [1.54, 1.807) is 0 Å². The van der Waals surface area contributed by atoms with Gasteiger partial charge in [-0.2, -0.15) is 0 Å². The molecule has 0 unspecified atom stereocenters. The van der Waals surface area contributed by atoms with E-state index in [0.717, 1.165) is 103 Å². The first kappa shape index (κ1) is 39.2. The van der Waals surface area contributed by atoms with Gasteiger partial charge < -0.3 is 8.98 Å². The van der Waals surface area contributed by atoms with Crippen LogP contribution in [0.5, 0.6) is 0 Å². The minimum absolute atomic E-state index is 0.619. The van der Waals surface area contributed by atoms with Crippen molar-refractivity contribution < 1.29 is 4.42 Å².